The van der Waals surface area contributed by atoms with E-state index in [1.807, 2.05) is 0 Å². The molecule has 0 aromatic carbocycles. The lowest BCUT2D eigenvalue weighted by Gasteiger charge is -2.24. The Morgan fingerprint density at radius 2 is 1.85 bits per heavy atom. The standard InChI is InChI=1S/C17H21F3N4O2S/c1-11-15(17(18,19)20)23-24(16(11)22-12-6-4-3-5-7-12)14-9-8-13(10-21-14)27(2,25)26/h8-10,12,22H,3-7H2,1-2H3. The van der Waals surface area contributed by atoms with E-state index in [2.05, 4.69) is 15.4 Å². The van der Waals surface area contributed by atoms with Crippen molar-refractivity contribution in [3.8, 4) is 5.82 Å². The van der Waals surface area contributed by atoms with Gasteiger partial charge in [0.25, 0.3) is 0 Å². The third kappa shape index (κ3) is 4.26. The van der Waals surface area contributed by atoms with Crippen molar-refractivity contribution in [1.29, 1.82) is 0 Å². The average molecular weight is 402 g/mol. The summed E-state index contributed by atoms with van der Waals surface area (Å²) in [6.07, 6.45) is 2.51. The Bertz CT molecular complexity index is 915. The fourth-order valence-electron chi connectivity index (χ4n) is 3.26. The summed E-state index contributed by atoms with van der Waals surface area (Å²) in [5.74, 6) is 0.369. The molecule has 0 radical (unpaired) electrons. The highest BCUT2D eigenvalue weighted by atomic mass is 32.2. The summed E-state index contributed by atoms with van der Waals surface area (Å²) in [7, 11) is -3.45. The van der Waals surface area contributed by atoms with Crippen LogP contribution in [0.4, 0.5) is 19.0 Å². The first-order valence-corrected chi connectivity index (χ1v) is 10.6. The van der Waals surface area contributed by atoms with Gasteiger partial charge in [0.05, 0.1) is 4.90 Å². The van der Waals surface area contributed by atoms with Crippen molar-refractivity contribution < 1.29 is 21.6 Å². The minimum atomic E-state index is -4.59. The number of alkyl halides is 3. The molecular formula is C17H21F3N4O2S. The Hall–Kier alpha value is -2.10. The van der Waals surface area contributed by atoms with Crippen molar-refractivity contribution in [1.82, 2.24) is 14.8 Å². The zero-order valence-corrected chi connectivity index (χ0v) is 15.9. The first-order valence-electron chi connectivity index (χ1n) is 8.67. The van der Waals surface area contributed by atoms with Crippen LogP contribution in [-0.4, -0.2) is 35.5 Å². The van der Waals surface area contributed by atoms with Gasteiger partial charge in [-0.1, -0.05) is 19.3 Å². The van der Waals surface area contributed by atoms with Crippen LogP contribution in [0, 0.1) is 6.92 Å². The second-order valence-electron chi connectivity index (χ2n) is 6.84. The van der Waals surface area contributed by atoms with Crippen molar-refractivity contribution >= 4 is 15.7 Å². The first kappa shape index (κ1) is 19.7. The first-order chi connectivity index (χ1) is 12.6. The van der Waals surface area contributed by atoms with Gasteiger partial charge in [-0.15, -0.1) is 0 Å². The quantitative estimate of drug-likeness (QED) is 0.843. The monoisotopic (exact) mass is 402 g/mol. The molecule has 0 bridgehead atoms. The molecule has 0 atom stereocenters. The number of pyridine rings is 1. The van der Waals surface area contributed by atoms with E-state index in [0.717, 1.165) is 49.2 Å². The summed E-state index contributed by atoms with van der Waals surface area (Å²) in [4.78, 5) is 4.01. The van der Waals surface area contributed by atoms with Crippen LogP contribution < -0.4 is 5.32 Å². The van der Waals surface area contributed by atoms with Gasteiger partial charge in [-0.05, 0) is 31.9 Å². The van der Waals surface area contributed by atoms with Gasteiger partial charge in [0.2, 0.25) is 0 Å². The zero-order chi connectivity index (χ0) is 19.8. The highest BCUT2D eigenvalue weighted by Gasteiger charge is 2.38. The molecule has 2 aromatic rings. The lowest BCUT2D eigenvalue weighted by atomic mass is 9.95. The van der Waals surface area contributed by atoms with Crippen LogP contribution in [0.3, 0.4) is 0 Å². The number of halogens is 3. The largest absolute Gasteiger partial charge is 0.435 e. The molecule has 1 saturated carbocycles. The number of aromatic nitrogens is 3. The molecule has 0 amide bonds. The third-order valence-corrected chi connectivity index (χ3v) is 5.80. The minimum Gasteiger partial charge on any atom is -0.367 e. The molecule has 2 aromatic heterocycles. The number of hydrogen-bond acceptors (Lipinski definition) is 5. The number of nitrogens with one attached hydrogen (secondary N) is 1. The predicted molar refractivity (Wildman–Crippen MR) is 94.7 cm³/mol. The van der Waals surface area contributed by atoms with Crippen LogP contribution in [0.25, 0.3) is 5.82 Å². The number of rotatable bonds is 4. The number of anilines is 1. The molecule has 1 N–H and O–H groups in total. The van der Waals surface area contributed by atoms with Crippen molar-refractivity contribution in [3.63, 3.8) is 0 Å². The molecule has 0 unspecified atom stereocenters. The van der Waals surface area contributed by atoms with Crippen molar-refractivity contribution in [2.75, 3.05) is 11.6 Å². The van der Waals surface area contributed by atoms with E-state index in [0.29, 0.717) is 0 Å². The molecule has 1 fully saturated rings. The summed E-state index contributed by atoms with van der Waals surface area (Å²) in [6.45, 7) is 1.38. The molecular weight excluding hydrogens is 381 g/mol. The predicted octanol–water partition coefficient (Wildman–Crippen LogP) is 3.74. The van der Waals surface area contributed by atoms with Crippen LogP contribution in [0.5, 0.6) is 0 Å². The summed E-state index contributed by atoms with van der Waals surface area (Å²) in [5, 5.41) is 6.92. The molecule has 10 heteroatoms. The van der Waals surface area contributed by atoms with Gasteiger partial charge in [0, 0.05) is 24.1 Å². The fourth-order valence-corrected chi connectivity index (χ4v) is 3.82. The zero-order valence-electron chi connectivity index (χ0n) is 15.0. The topological polar surface area (TPSA) is 76.9 Å². The van der Waals surface area contributed by atoms with Crippen molar-refractivity contribution in [2.45, 2.75) is 56.1 Å². The van der Waals surface area contributed by atoms with E-state index in [9.17, 15) is 21.6 Å². The maximum atomic E-state index is 13.4. The second-order valence-corrected chi connectivity index (χ2v) is 8.85. The van der Waals surface area contributed by atoms with Gasteiger partial charge in [0.1, 0.15) is 5.82 Å². The lowest BCUT2D eigenvalue weighted by Crippen LogP contribution is -2.24. The molecule has 2 heterocycles. The van der Waals surface area contributed by atoms with Gasteiger partial charge < -0.3 is 5.32 Å². The Kier molecular flexibility index (Phi) is 5.20. The van der Waals surface area contributed by atoms with E-state index < -0.39 is 21.7 Å². The lowest BCUT2D eigenvalue weighted by molar-refractivity contribution is -0.141. The minimum absolute atomic E-state index is 0.00191. The maximum absolute atomic E-state index is 13.4. The van der Waals surface area contributed by atoms with Gasteiger partial charge in [-0.3, -0.25) is 0 Å². The summed E-state index contributed by atoms with van der Waals surface area (Å²) < 4.78 is 64.3. The molecule has 148 valence electrons. The number of hydrogen-bond donors (Lipinski definition) is 1. The van der Waals surface area contributed by atoms with E-state index in [-0.39, 0.29) is 28.1 Å². The van der Waals surface area contributed by atoms with Crippen LogP contribution in [0.15, 0.2) is 23.2 Å². The third-order valence-electron chi connectivity index (χ3n) is 4.70. The molecule has 1 aliphatic rings. The van der Waals surface area contributed by atoms with Gasteiger partial charge in [-0.25, -0.2) is 13.4 Å². The molecule has 0 aliphatic heterocycles. The molecule has 6 nitrogen and oxygen atoms in total. The Labute approximate surface area is 155 Å². The number of sulfone groups is 1. The smallest absolute Gasteiger partial charge is 0.367 e. The fraction of sp³-hybridized carbons (Fsp3) is 0.529. The van der Waals surface area contributed by atoms with E-state index in [1.54, 1.807) is 0 Å². The molecule has 0 spiro atoms. The summed E-state index contributed by atoms with van der Waals surface area (Å²) in [6, 6.07) is 2.74. The normalized spacial score (nSPS) is 16.5. The molecule has 27 heavy (non-hydrogen) atoms. The van der Waals surface area contributed by atoms with Crippen LogP contribution in [-0.2, 0) is 16.0 Å². The maximum Gasteiger partial charge on any atom is 0.435 e. The van der Waals surface area contributed by atoms with Crippen LogP contribution in [0.1, 0.15) is 43.4 Å². The van der Waals surface area contributed by atoms with Crippen molar-refractivity contribution in [3.05, 3.63) is 29.6 Å². The Morgan fingerprint density at radius 3 is 2.37 bits per heavy atom. The van der Waals surface area contributed by atoms with Crippen LogP contribution >= 0.6 is 0 Å². The number of nitrogens with zero attached hydrogens (tertiary/aromatic N) is 3. The molecule has 1 aliphatic carbocycles. The van der Waals surface area contributed by atoms with E-state index >= 15 is 0 Å². The molecule has 0 saturated heterocycles. The Balaban J connectivity index is 2.04. The summed E-state index contributed by atoms with van der Waals surface area (Å²) >= 11 is 0. The SMILES string of the molecule is Cc1c(C(F)(F)F)nn(-c2ccc(S(C)(=O)=O)cn2)c1NC1CCCCC1. The highest BCUT2D eigenvalue weighted by molar-refractivity contribution is 7.90. The average Bonchev–Trinajstić information content (AvgIpc) is 2.92. The van der Waals surface area contributed by atoms with Crippen molar-refractivity contribution in [2.24, 2.45) is 0 Å². The van der Waals surface area contributed by atoms with Crippen LogP contribution in [0.2, 0.25) is 0 Å². The van der Waals surface area contributed by atoms with Gasteiger partial charge in [-0.2, -0.15) is 23.0 Å². The van der Waals surface area contributed by atoms with Gasteiger partial charge >= 0.3 is 6.18 Å². The second kappa shape index (κ2) is 7.14. The molecule has 3 rings (SSSR count). The van der Waals surface area contributed by atoms with E-state index in [1.165, 1.54) is 19.1 Å². The van der Waals surface area contributed by atoms with Gasteiger partial charge in [0.15, 0.2) is 21.3 Å². The highest BCUT2D eigenvalue weighted by Crippen LogP contribution is 2.36. The Morgan fingerprint density at radius 1 is 1.19 bits per heavy atom. The summed E-state index contributed by atoms with van der Waals surface area (Å²) in [5.41, 5.74) is -0.975. The van der Waals surface area contributed by atoms with E-state index in [4.69, 9.17) is 0 Å².